The second-order valence-corrected chi connectivity index (χ2v) is 2.10. The number of rotatable bonds is 4. The molecular formula is C7H13NO2. The fourth-order valence-electron chi connectivity index (χ4n) is 0.352. The fraction of sp³-hybridized carbons (Fsp3) is 0.571. The lowest BCUT2D eigenvalue weighted by Gasteiger charge is -2.06. The van der Waals surface area contributed by atoms with Gasteiger partial charge in [0, 0.05) is 0 Å². The molecule has 0 atom stereocenters. The Bertz CT molecular complexity index is 121. The zero-order valence-corrected chi connectivity index (χ0v) is 6.39. The third kappa shape index (κ3) is 5.31. The van der Waals surface area contributed by atoms with Gasteiger partial charge in [-0.1, -0.05) is 6.58 Å². The Kier molecular flexibility index (Phi) is 4.58. The molecule has 3 nitrogen and oxygen atoms in total. The molecule has 0 unspecified atom stereocenters. The minimum Gasteiger partial charge on any atom is -0.359 e. The second-order valence-electron chi connectivity index (χ2n) is 2.10. The Hall–Kier alpha value is -0.830. The molecule has 0 aromatic rings. The number of carbonyl (C=O) groups excluding carboxylic acids is 1. The van der Waals surface area contributed by atoms with Crippen molar-refractivity contribution in [3.8, 4) is 0 Å². The van der Waals surface area contributed by atoms with Crippen LogP contribution >= 0.6 is 0 Å². The molecule has 0 aromatic heterocycles. The maximum Gasteiger partial charge on any atom is 0.245 e. The first-order chi connectivity index (χ1) is 4.66. The van der Waals surface area contributed by atoms with E-state index in [9.17, 15) is 4.79 Å². The molecule has 0 saturated heterocycles. The van der Waals surface area contributed by atoms with Crippen molar-refractivity contribution in [2.24, 2.45) is 0 Å². The van der Waals surface area contributed by atoms with Crippen molar-refractivity contribution >= 4 is 5.91 Å². The monoisotopic (exact) mass is 143 g/mol. The Balaban J connectivity index is 3.19. The van der Waals surface area contributed by atoms with Gasteiger partial charge in [0.1, 0.15) is 6.73 Å². The molecule has 0 aliphatic rings. The summed E-state index contributed by atoms with van der Waals surface area (Å²) >= 11 is 0. The molecule has 58 valence electrons. The molecule has 0 heterocycles. The summed E-state index contributed by atoms with van der Waals surface area (Å²) in [7, 11) is 0. The normalized spacial score (nSPS) is 9.50. The summed E-state index contributed by atoms with van der Waals surface area (Å²) in [6, 6.07) is 0. The number of nitrogens with one attached hydrogen (secondary N) is 1. The Labute approximate surface area is 61.1 Å². The first-order valence-electron chi connectivity index (χ1n) is 3.18. The Morgan fingerprint density at radius 1 is 1.80 bits per heavy atom. The molecule has 0 aliphatic carbocycles. The van der Waals surface area contributed by atoms with Crippen molar-refractivity contribution in [2.45, 2.75) is 20.0 Å². The molecule has 0 fully saturated rings. The van der Waals surface area contributed by atoms with E-state index in [0.717, 1.165) is 0 Å². The molecule has 3 heteroatoms. The molecule has 1 amide bonds. The van der Waals surface area contributed by atoms with Crippen LogP contribution in [0.2, 0.25) is 0 Å². The molecule has 1 N–H and O–H groups in total. The maximum atomic E-state index is 10.5. The van der Waals surface area contributed by atoms with Gasteiger partial charge in [-0.05, 0) is 19.9 Å². The third-order valence-corrected chi connectivity index (χ3v) is 0.848. The van der Waals surface area contributed by atoms with E-state index >= 15 is 0 Å². The molecule has 0 saturated carbocycles. The highest BCUT2D eigenvalue weighted by Gasteiger charge is 1.93. The van der Waals surface area contributed by atoms with Gasteiger partial charge in [0.05, 0.1) is 6.10 Å². The molecule has 0 radical (unpaired) electrons. The number of hydrogen-bond acceptors (Lipinski definition) is 2. The standard InChI is InChI=1S/C7H13NO2/c1-4-7(9)8-5-10-6(2)3/h4,6H,1,5H2,2-3H3,(H,8,9). The lowest BCUT2D eigenvalue weighted by molar-refractivity contribution is -0.118. The van der Waals surface area contributed by atoms with Crippen molar-refractivity contribution in [1.82, 2.24) is 5.32 Å². The number of carbonyl (C=O) groups is 1. The van der Waals surface area contributed by atoms with Crippen molar-refractivity contribution in [2.75, 3.05) is 6.73 Å². The van der Waals surface area contributed by atoms with Gasteiger partial charge in [0.2, 0.25) is 5.91 Å². The van der Waals surface area contributed by atoms with Gasteiger partial charge in [-0.15, -0.1) is 0 Å². The summed E-state index contributed by atoms with van der Waals surface area (Å²) in [5, 5.41) is 2.48. The quantitative estimate of drug-likeness (QED) is 0.464. The van der Waals surface area contributed by atoms with Crippen molar-refractivity contribution in [3.05, 3.63) is 12.7 Å². The van der Waals surface area contributed by atoms with E-state index in [4.69, 9.17) is 4.74 Å². The predicted molar refractivity (Wildman–Crippen MR) is 39.4 cm³/mol. The molecule has 0 aromatic carbocycles. The summed E-state index contributed by atoms with van der Waals surface area (Å²) in [6.45, 7) is 7.35. The van der Waals surface area contributed by atoms with Crippen LogP contribution in [0, 0.1) is 0 Å². The minimum absolute atomic E-state index is 0.144. The smallest absolute Gasteiger partial charge is 0.245 e. The van der Waals surface area contributed by atoms with Crippen LogP contribution in [-0.4, -0.2) is 18.7 Å². The summed E-state index contributed by atoms with van der Waals surface area (Å²) in [6.07, 6.45) is 1.36. The number of ether oxygens (including phenoxy) is 1. The van der Waals surface area contributed by atoms with E-state index in [2.05, 4.69) is 11.9 Å². The van der Waals surface area contributed by atoms with Gasteiger partial charge in [0.25, 0.3) is 0 Å². The topological polar surface area (TPSA) is 38.3 Å². The molecule has 10 heavy (non-hydrogen) atoms. The van der Waals surface area contributed by atoms with Gasteiger partial charge in [-0.25, -0.2) is 0 Å². The van der Waals surface area contributed by atoms with E-state index in [-0.39, 0.29) is 18.7 Å². The average molecular weight is 143 g/mol. The Morgan fingerprint density at radius 3 is 2.80 bits per heavy atom. The molecule has 0 aliphatic heterocycles. The van der Waals surface area contributed by atoms with Crippen LogP contribution in [0.5, 0.6) is 0 Å². The lowest BCUT2D eigenvalue weighted by Crippen LogP contribution is -2.25. The van der Waals surface area contributed by atoms with E-state index in [1.54, 1.807) is 0 Å². The van der Waals surface area contributed by atoms with Crippen LogP contribution < -0.4 is 5.32 Å². The number of hydrogen-bond donors (Lipinski definition) is 1. The van der Waals surface area contributed by atoms with E-state index < -0.39 is 0 Å². The van der Waals surface area contributed by atoms with Crippen molar-refractivity contribution in [1.29, 1.82) is 0 Å². The van der Waals surface area contributed by atoms with E-state index in [1.165, 1.54) is 6.08 Å². The highest BCUT2D eigenvalue weighted by atomic mass is 16.5. The molecular weight excluding hydrogens is 130 g/mol. The zero-order chi connectivity index (χ0) is 7.98. The van der Waals surface area contributed by atoms with E-state index in [0.29, 0.717) is 0 Å². The zero-order valence-electron chi connectivity index (χ0n) is 6.39. The van der Waals surface area contributed by atoms with Crippen LogP contribution in [0.3, 0.4) is 0 Å². The third-order valence-electron chi connectivity index (χ3n) is 0.848. The van der Waals surface area contributed by atoms with Gasteiger partial charge in [0.15, 0.2) is 0 Å². The fourth-order valence-corrected chi connectivity index (χ4v) is 0.352. The first kappa shape index (κ1) is 9.17. The van der Waals surface area contributed by atoms with Gasteiger partial charge >= 0.3 is 0 Å². The van der Waals surface area contributed by atoms with E-state index in [1.807, 2.05) is 13.8 Å². The summed E-state index contributed by atoms with van der Waals surface area (Å²) < 4.78 is 5.03. The van der Waals surface area contributed by atoms with Crippen LogP contribution in [0.25, 0.3) is 0 Å². The minimum atomic E-state index is -0.208. The van der Waals surface area contributed by atoms with Gasteiger partial charge in [-0.2, -0.15) is 0 Å². The molecule has 0 rings (SSSR count). The highest BCUT2D eigenvalue weighted by molar-refractivity contribution is 5.86. The highest BCUT2D eigenvalue weighted by Crippen LogP contribution is 1.83. The number of amides is 1. The van der Waals surface area contributed by atoms with Crippen molar-refractivity contribution in [3.63, 3.8) is 0 Å². The summed E-state index contributed by atoms with van der Waals surface area (Å²) in [4.78, 5) is 10.5. The largest absolute Gasteiger partial charge is 0.359 e. The van der Waals surface area contributed by atoms with Gasteiger partial charge < -0.3 is 10.1 Å². The van der Waals surface area contributed by atoms with Crippen LogP contribution in [0.4, 0.5) is 0 Å². The van der Waals surface area contributed by atoms with Gasteiger partial charge in [-0.3, -0.25) is 4.79 Å². The average Bonchev–Trinajstić information content (AvgIpc) is 1.87. The molecule has 0 bridgehead atoms. The molecule has 0 spiro atoms. The SMILES string of the molecule is C=CC(=O)NCOC(C)C. The summed E-state index contributed by atoms with van der Waals surface area (Å²) in [5.41, 5.74) is 0. The Morgan fingerprint density at radius 2 is 2.40 bits per heavy atom. The van der Waals surface area contributed by atoms with Crippen molar-refractivity contribution < 1.29 is 9.53 Å². The lowest BCUT2D eigenvalue weighted by atomic mass is 10.5. The predicted octanol–water partition coefficient (Wildman–Crippen LogP) is 0.671. The van der Waals surface area contributed by atoms with Crippen LogP contribution in [0.1, 0.15) is 13.8 Å². The van der Waals surface area contributed by atoms with Crippen LogP contribution in [-0.2, 0) is 9.53 Å². The van der Waals surface area contributed by atoms with Crippen LogP contribution in [0.15, 0.2) is 12.7 Å². The summed E-state index contributed by atoms with van der Waals surface area (Å²) in [5.74, 6) is -0.208. The second kappa shape index (κ2) is 4.99. The first-order valence-corrected chi connectivity index (χ1v) is 3.18. The maximum absolute atomic E-state index is 10.5.